The lowest BCUT2D eigenvalue weighted by molar-refractivity contribution is 0.112. The van der Waals surface area contributed by atoms with Crippen molar-refractivity contribution >= 4 is 6.29 Å². The Kier molecular flexibility index (Phi) is 4.52. The quantitative estimate of drug-likeness (QED) is 0.792. The van der Waals surface area contributed by atoms with Crippen LogP contribution in [-0.4, -0.2) is 23.2 Å². The van der Waals surface area contributed by atoms with Gasteiger partial charge in [-0.15, -0.1) is 0 Å². The molecule has 0 fully saturated rings. The minimum atomic E-state index is -0.346. The number of benzene rings is 1. The predicted molar refractivity (Wildman–Crippen MR) is 80.9 cm³/mol. The minimum Gasteiger partial charge on any atom is -0.496 e. The van der Waals surface area contributed by atoms with Gasteiger partial charge >= 0.3 is 0 Å². The molecule has 0 aliphatic rings. The molecule has 1 aromatic heterocycles. The molecule has 0 N–H and O–H groups in total. The Morgan fingerprint density at radius 1 is 1.33 bits per heavy atom. The maximum absolute atomic E-state index is 12.0. The molecule has 2 rings (SSSR count). The van der Waals surface area contributed by atoms with E-state index in [0.717, 1.165) is 23.3 Å². The van der Waals surface area contributed by atoms with Crippen LogP contribution in [0.1, 0.15) is 29.3 Å². The average molecular weight is 286 g/mol. The van der Waals surface area contributed by atoms with Gasteiger partial charge in [0.1, 0.15) is 5.75 Å². The van der Waals surface area contributed by atoms with Crippen LogP contribution in [0, 0.1) is 6.92 Å². The Morgan fingerprint density at radius 3 is 2.67 bits per heavy atom. The van der Waals surface area contributed by atoms with Crippen LogP contribution >= 0.6 is 0 Å². The normalized spacial score (nSPS) is 10.4. The minimum absolute atomic E-state index is 0.127. The standard InChI is InChI=1S/C16H18N2O3/c1-4-7-18-16(20)13(10-19)9-14(17-18)12-5-6-15(21-3)11(2)8-12/h5-6,8-10H,4,7H2,1-3H3. The molecule has 1 aromatic carbocycles. The van der Waals surface area contributed by atoms with Gasteiger partial charge in [0.25, 0.3) is 5.56 Å². The van der Waals surface area contributed by atoms with E-state index in [4.69, 9.17) is 4.74 Å². The lowest BCUT2D eigenvalue weighted by Crippen LogP contribution is -2.26. The summed E-state index contributed by atoms with van der Waals surface area (Å²) in [6.07, 6.45) is 1.35. The van der Waals surface area contributed by atoms with Crippen LogP contribution in [0.2, 0.25) is 0 Å². The Balaban J connectivity index is 2.58. The number of hydrogen-bond acceptors (Lipinski definition) is 4. The molecule has 2 aromatic rings. The summed E-state index contributed by atoms with van der Waals surface area (Å²) in [4.78, 5) is 23.1. The average Bonchev–Trinajstić information content (AvgIpc) is 2.49. The van der Waals surface area contributed by atoms with E-state index >= 15 is 0 Å². The number of aryl methyl sites for hydroxylation is 2. The number of carbonyl (C=O) groups is 1. The molecule has 110 valence electrons. The number of hydrogen-bond donors (Lipinski definition) is 0. The molecule has 0 spiro atoms. The van der Waals surface area contributed by atoms with Crippen LogP contribution in [0.3, 0.4) is 0 Å². The molecule has 0 atom stereocenters. The van der Waals surface area contributed by atoms with Gasteiger partial charge in [-0.05, 0) is 43.2 Å². The highest BCUT2D eigenvalue weighted by Gasteiger charge is 2.10. The van der Waals surface area contributed by atoms with Gasteiger partial charge < -0.3 is 4.74 Å². The van der Waals surface area contributed by atoms with Crippen molar-refractivity contribution in [1.82, 2.24) is 9.78 Å². The van der Waals surface area contributed by atoms with E-state index in [1.165, 1.54) is 10.7 Å². The third-order valence-corrected chi connectivity index (χ3v) is 3.26. The fourth-order valence-corrected chi connectivity index (χ4v) is 2.19. The molecule has 0 saturated heterocycles. The van der Waals surface area contributed by atoms with Crippen molar-refractivity contribution in [3.8, 4) is 17.0 Å². The molecule has 0 aliphatic heterocycles. The first-order valence-electron chi connectivity index (χ1n) is 6.83. The Hall–Kier alpha value is -2.43. The maximum Gasteiger partial charge on any atom is 0.277 e. The van der Waals surface area contributed by atoms with Crippen LogP contribution in [0.4, 0.5) is 0 Å². The number of ether oxygens (including phenoxy) is 1. The fourth-order valence-electron chi connectivity index (χ4n) is 2.19. The smallest absolute Gasteiger partial charge is 0.277 e. The number of aromatic nitrogens is 2. The van der Waals surface area contributed by atoms with E-state index < -0.39 is 0 Å². The molecular weight excluding hydrogens is 268 g/mol. The van der Waals surface area contributed by atoms with Crippen molar-refractivity contribution in [2.24, 2.45) is 0 Å². The Morgan fingerprint density at radius 2 is 2.10 bits per heavy atom. The van der Waals surface area contributed by atoms with Crippen molar-refractivity contribution < 1.29 is 9.53 Å². The molecule has 0 unspecified atom stereocenters. The largest absolute Gasteiger partial charge is 0.496 e. The van der Waals surface area contributed by atoms with Crippen molar-refractivity contribution in [3.63, 3.8) is 0 Å². The van der Waals surface area contributed by atoms with Crippen molar-refractivity contribution in [1.29, 1.82) is 0 Å². The number of methoxy groups -OCH3 is 1. The SMILES string of the molecule is CCCn1nc(-c2ccc(OC)c(C)c2)cc(C=O)c1=O. The van der Waals surface area contributed by atoms with Gasteiger partial charge in [0.15, 0.2) is 6.29 Å². The Bertz CT molecular complexity index is 720. The predicted octanol–water partition coefficient (Wildman–Crippen LogP) is 2.45. The van der Waals surface area contributed by atoms with Crippen LogP contribution in [0.5, 0.6) is 5.75 Å². The van der Waals surface area contributed by atoms with Crippen LogP contribution < -0.4 is 10.3 Å². The van der Waals surface area contributed by atoms with E-state index in [1.54, 1.807) is 7.11 Å². The summed E-state index contributed by atoms with van der Waals surface area (Å²) in [6.45, 7) is 4.38. The zero-order chi connectivity index (χ0) is 15.4. The summed E-state index contributed by atoms with van der Waals surface area (Å²) < 4.78 is 6.58. The van der Waals surface area contributed by atoms with Gasteiger partial charge in [0.05, 0.1) is 18.4 Å². The zero-order valence-corrected chi connectivity index (χ0v) is 12.4. The van der Waals surface area contributed by atoms with Gasteiger partial charge in [-0.1, -0.05) is 6.92 Å². The van der Waals surface area contributed by atoms with Crippen LogP contribution in [0.25, 0.3) is 11.3 Å². The summed E-state index contributed by atoms with van der Waals surface area (Å²) in [7, 11) is 1.62. The lowest BCUT2D eigenvalue weighted by atomic mass is 10.1. The molecule has 0 radical (unpaired) electrons. The summed E-state index contributed by atoms with van der Waals surface area (Å²) in [5.74, 6) is 0.788. The topological polar surface area (TPSA) is 61.2 Å². The fraction of sp³-hybridized carbons (Fsp3) is 0.312. The van der Waals surface area contributed by atoms with Gasteiger partial charge in [0.2, 0.25) is 0 Å². The third kappa shape index (κ3) is 3.02. The first kappa shape index (κ1) is 15.0. The molecule has 0 aliphatic carbocycles. The number of nitrogens with zero attached hydrogens (tertiary/aromatic N) is 2. The maximum atomic E-state index is 12.0. The summed E-state index contributed by atoms with van der Waals surface area (Å²) in [5.41, 5.74) is 2.21. The highest BCUT2D eigenvalue weighted by Crippen LogP contribution is 2.24. The molecule has 0 amide bonds. The number of carbonyl (C=O) groups excluding carboxylic acids is 1. The van der Waals surface area contributed by atoms with Gasteiger partial charge in [-0.25, -0.2) is 4.68 Å². The second kappa shape index (κ2) is 6.35. The van der Waals surface area contributed by atoms with E-state index in [9.17, 15) is 9.59 Å². The van der Waals surface area contributed by atoms with Gasteiger partial charge in [-0.2, -0.15) is 5.10 Å². The highest BCUT2D eigenvalue weighted by molar-refractivity contribution is 5.77. The van der Waals surface area contributed by atoms with Crippen molar-refractivity contribution in [3.05, 3.63) is 45.7 Å². The molecule has 0 bridgehead atoms. The van der Waals surface area contributed by atoms with E-state index in [2.05, 4.69) is 5.10 Å². The molecular formula is C16H18N2O3. The molecule has 1 heterocycles. The second-order valence-corrected chi connectivity index (χ2v) is 4.82. The molecule has 0 saturated carbocycles. The van der Waals surface area contributed by atoms with Crippen LogP contribution in [-0.2, 0) is 6.54 Å². The molecule has 5 heteroatoms. The summed E-state index contributed by atoms with van der Waals surface area (Å²) >= 11 is 0. The first-order valence-corrected chi connectivity index (χ1v) is 6.83. The van der Waals surface area contributed by atoms with Crippen molar-refractivity contribution in [2.45, 2.75) is 26.8 Å². The van der Waals surface area contributed by atoms with Gasteiger partial charge in [-0.3, -0.25) is 9.59 Å². The van der Waals surface area contributed by atoms with Crippen LogP contribution in [0.15, 0.2) is 29.1 Å². The summed E-state index contributed by atoms with van der Waals surface area (Å²) in [5, 5.41) is 4.34. The van der Waals surface area contributed by atoms with Gasteiger partial charge in [0, 0.05) is 12.1 Å². The molecule has 21 heavy (non-hydrogen) atoms. The second-order valence-electron chi connectivity index (χ2n) is 4.82. The highest BCUT2D eigenvalue weighted by atomic mass is 16.5. The number of rotatable bonds is 5. The first-order chi connectivity index (χ1) is 10.1. The zero-order valence-electron chi connectivity index (χ0n) is 12.4. The monoisotopic (exact) mass is 286 g/mol. The Labute approximate surface area is 123 Å². The lowest BCUT2D eigenvalue weighted by Gasteiger charge is -2.10. The van der Waals surface area contributed by atoms with Crippen molar-refractivity contribution in [2.75, 3.05) is 7.11 Å². The number of aldehydes is 1. The summed E-state index contributed by atoms with van der Waals surface area (Å²) in [6, 6.07) is 7.17. The van der Waals surface area contributed by atoms with E-state index in [0.29, 0.717) is 18.5 Å². The van der Waals surface area contributed by atoms with E-state index in [1.807, 2.05) is 32.0 Å². The third-order valence-electron chi connectivity index (χ3n) is 3.26. The van der Waals surface area contributed by atoms with E-state index in [-0.39, 0.29) is 11.1 Å². The molecule has 5 nitrogen and oxygen atoms in total.